The zero-order valence-electron chi connectivity index (χ0n) is 16.7. The van der Waals surface area contributed by atoms with Crippen LogP contribution >= 0.6 is 11.6 Å². The van der Waals surface area contributed by atoms with Crippen LogP contribution in [0, 0.1) is 13.8 Å². The number of aromatic nitrogens is 2. The van der Waals surface area contributed by atoms with Gasteiger partial charge in [0.05, 0.1) is 11.0 Å². The van der Waals surface area contributed by atoms with Crippen molar-refractivity contribution in [2.75, 3.05) is 6.54 Å². The Bertz CT molecular complexity index is 900. The average Bonchev–Trinajstić information content (AvgIpc) is 3.26. The summed E-state index contributed by atoms with van der Waals surface area (Å²) in [4.78, 5) is 5.10. The number of hydrogen-bond donors (Lipinski definition) is 1. The molecule has 1 aromatic heterocycles. The van der Waals surface area contributed by atoms with E-state index in [1.165, 1.54) is 40.9 Å². The molecule has 2 atom stereocenters. The minimum absolute atomic E-state index is 0.442. The van der Waals surface area contributed by atoms with E-state index in [0.29, 0.717) is 12.0 Å². The molecule has 27 heavy (non-hydrogen) atoms. The summed E-state index contributed by atoms with van der Waals surface area (Å²) in [5, 5.41) is 4.60. The molecule has 1 aliphatic heterocycles. The smallest absolute Gasteiger partial charge is 0.113 e. The first kappa shape index (κ1) is 18.8. The third kappa shape index (κ3) is 4.00. The van der Waals surface area contributed by atoms with Crippen molar-refractivity contribution in [3.8, 4) is 0 Å². The highest BCUT2D eigenvalue weighted by molar-refractivity contribution is 6.29. The number of halogens is 1. The zero-order chi connectivity index (χ0) is 19.0. The number of nitrogens with one attached hydrogen (secondary N) is 1. The van der Waals surface area contributed by atoms with Gasteiger partial charge in [-0.3, -0.25) is 0 Å². The molecule has 2 aromatic rings. The van der Waals surface area contributed by atoms with Gasteiger partial charge in [-0.1, -0.05) is 30.2 Å². The SMILES string of the molecule is Cc1cc2nc(C(C)CC3CCCN3)n(CC3=CC=C(Cl)CC3)c2cc1C. The Labute approximate surface area is 167 Å². The summed E-state index contributed by atoms with van der Waals surface area (Å²) >= 11 is 6.16. The lowest BCUT2D eigenvalue weighted by molar-refractivity contribution is 0.486. The van der Waals surface area contributed by atoms with Crippen LogP contribution in [0.15, 0.2) is 34.9 Å². The van der Waals surface area contributed by atoms with Crippen LogP contribution in [0.4, 0.5) is 0 Å². The molecule has 0 bridgehead atoms. The molecule has 4 rings (SSSR count). The van der Waals surface area contributed by atoms with Crippen LogP contribution in [0.25, 0.3) is 11.0 Å². The van der Waals surface area contributed by atoms with Crippen molar-refractivity contribution in [2.45, 2.75) is 71.4 Å². The number of imidazole rings is 1. The predicted molar refractivity (Wildman–Crippen MR) is 115 cm³/mol. The number of allylic oxidation sites excluding steroid dienone is 4. The molecule has 1 fully saturated rings. The average molecular weight is 384 g/mol. The lowest BCUT2D eigenvalue weighted by atomic mass is 9.99. The molecular formula is C23H30ClN3. The second kappa shape index (κ2) is 7.81. The first-order valence-corrected chi connectivity index (χ1v) is 10.6. The van der Waals surface area contributed by atoms with Crippen LogP contribution in [0.3, 0.4) is 0 Å². The largest absolute Gasteiger partial charge is 0.324 e. The second-order valence-corrected chi connectivity index (χ2v) is 8.84. The van der Waals surface area contributed by atoms with Crippen molar-refractivity contribution >= 4 is 22.6 Å². The van der Waals surface area contributed by atoms with Gasteiger partial charge in [-0.2, -0.15) is 0 Å². The Morgan fingerprint density at radius 2 is 2.04 bits per heavy atom. The molecular weight excluding hydrogens is 354 g/mol. The van der Waals surface area contributed by atoms with Gasteiger partial charge in [-0.05, 0) is 81.8 Å². The summed E-state index contributed by atoms with van der Waals surface area (Å²) in [5.41, 5.74) is 6.48. The van der Waals surface area contributed by atoms with E-state index in [4.69, 9.17) is 16.6 Å². The number of aryl methyl sites for hydroxylation is 2. The van der Waals surface area contributed by atoms with Crippen LogP contribution in [-0.4, -0.2) is 22.1 Å². The number of fused-ring (bicyclic) bond motifs is 1. The molecule has 0 spiro atoms. The fourth-order valence-corrected chi connectivity index (χ4v) is 4.58. The highest BCUT2D eigenvalue weighted by atomic mass is 35.5. The lowest BCUT2D eigenvalue weighted by Gasteiger charge is -2.20. The van der Waals surface area contributed by atoms with Gasteiger partial charge in [0, 0.05) is 23.5 Å². The molecule has 1 aliphatic carbocycles. The van der Waals surface area contributed by atoms with E-state index < -0.39 is 0 Å². The van der Waals surface area contributed by atoms with Gasteiger partial charge in [-0.25, -0.2) is 4.98 Å². The standard InChI is InChI=1S/C23H30ClN3/c1-15-12-21-22(13-16(15)2)27(14-18-6-8-19(24)9-7-18)23(26-21)17(3)11-20-5-4-10-25-20/h6,8,12-13,17,20,25H,4-5,7,9-11,14H2,1-3H3. The number of nitrogens with zero attached hydrogens (tertiary/aromatic N) is 2. The number of hydrogen-bond acceptors (Lipinski definition) is 2. The van der Waals surface area contributed by atoms with Gasteiger partial charge in [0.15, 0.2) is 0 Å². The first-order chi connectivity index (χ1) is 13.0. The Morgan fingerprint density at radius 1 is 1.22 bits per heavy atom. The quantitative estimate of drug-likeness (QED) is 0.713. The maximum atomic E-state index is 6.16. The minimum Gasteiger partial charge on any atom is -0.324 e. The van der Waals surface area contributed by atoms with Crippen LogP contribution in [0.2, 0.25) is 0 Å². The van der Waals surface area contributed by atoms with Crippen LogP contribution in [0.1, 0.15) is 61.9 Å². The van der Waals surface area contributed by atoms with Gasteiger partial charge in [-0.15, -0.1) is 0 Å². The maximum Gasteiger partial charge on any atom is 0.113 e. The van der Waals surface area contributed by atoms with Crippen LogP contribution in [-0.2, 0) is 6.54 Å². The van der Waals surface area contributed by atoms with Crippen molar-refractivity contribution in [3.05, 3.63) is 51.8 Å². The van der Waals surface area contributed by atoms with Crippen molar-refractivity contribution in [2.24, 2.45) is 0 Å². The maximum absolute atomic E-state index is 6.16. The molecule has 2 heterocycles. The van der Waals surface area contributed by atoms with Gasteiger partial charge in [0.2, 0.25) is 0 Å². The third-order valence-corrected chi connectivity index (χ3v) is 6.50. The van der Waals surface area contributed by atoms with Gasteiger partial charge < -0.3 is 9.88 Å². The third-order valence-electron chi connectivity index (χ3n) is 6.18. The molecule has 0 saturated carbocycles. The Morgan fingerprint density at radius 3 is 2.74 bits per heavy atom. The second-order valence-electron chi connectivity index (χ2n) is 8.35. The fourth-order valence-electron chi connectivity index (χ4n) is 4.42. The summed E-state index contributed by atoms with van der Waals surface area (Å²) in [6, 6.07) is 5.19. The normalized spacial score (nSPS) is 21.4. The predicted octanol–water partition coefficient (Wildman–Crippen LogP) is 5.74. The van der Waals surface area contributed by atoms with Gasteiger partial charge >= 0.3 is 0 Å². The van der Waals surface area contributed by atoms with E-state index in [2.05, 4.69) is 54.9 Å². The van der Waals surface area contributed by atoms with Crippen LogP contribution < -0.4 is 5.32 Å². The highest BCUT2D eigenvalue weighted by Crippen LogP contribution is 2.31. The molecule has 0 radical (unpaired) electrons. The summed E-state index contributed by atoms with van der Waals surface area (Å²) in [5.74, 6) is 1.67. The summed E-state index contributed by atoms with van der Waals surface area (Å²) in [6.45, 7) is 8.78. The Kier molecular flexibility index (Phi) is 5.43. The van der Waals surface area contributed by atoms with Gasteiger partial charge in [0.25, 0.3) is 0 Å². The Hall–Kier alpha value is -1.58. The first-order valence-electron chi connectivity index (χ1n) is 10.3. The van der Waals surface area contributed by atoms with E-state index in [9.17, 15) is 0 Å². The molecule has 1 N–H and O–H groups in total. The fraction of sp³-hybridized carbons (Fsp3) is 0.522. The summed E-state index contributed by atoms with van der Waals surface area (Å²) in [6.07, 6.45) is 9.99. The molecule has 3 nitrogen and oxygen atoms in total. The molecule has 4 heteroatoms. The number of benzene rings is 1. The van der Waals surface area contributed by atoms with Crippen molar-refractivity contribution in [3.63, 3.8) is 0 Å². The lowest BCUT2D eigenvalue weighted by Crippen LogP contribution is -2.24. The van der Waals surface area contributed by atoms with E-state index in [1.54, 1.807) is 0 Å². The number of rotatable bonds is 5. The summed E-state index contributed by atoms with van der Waals surface area (Å²) in [7, 11) is 0. The van der Waals surface area contributed by atoms with Crippen LogP contribution in [0.5, 0.6) is 0 Å². The van der Waals surface area contributed by atoms with E-state index in [-0.39, 0.29) is 0 Å². The molecule has 1 aromatic carbocycles. The van der Waals surface area contributed by atoms with E-state index >= 15 is 0 Å². The summed E-state index contributed by atoms with van der Waals surface area (Å²) < 4.78 is 2.46. The minimum atomic E-state index is 0.442. The molecule has 2 unspecified atom stereocenters. The molecule has 0 amide bonds. The van der Waals surface area contributed by atoms with Crippen molar-refractivity contribution < 1.29 is 0 Å². The van der Waals surface area contributed by atoms with Crippen molar-refractivity contribution in [1.29, 1.82) is 0 Å². The highest BCUT2D eigenvalue weighted by Gasteiger charge is 2.23. The van der Waals surface area contributed by atoms with Crippen molar-refractivity contribution in [1.82, 2.24) is 14.9 Å². The Balaban J connectivity index is 1.72. The van der Waals surface area contributed by atoms with Gasteiger partial charge in [0.1, 0.15) is 5.82 Å². The molecule has 1 saturated heterocycles. The topological polar surface area (TPSA) is 29.9 Å². The molecule has 2 aliphatic rings. The molecule has 144 valence electrons. The van der Waals surface area contributed by atoms with E-state index in [1.807, 2.05) is 0 Å². The zero-order valence-corrected chi connectivity index (χ0v) is 17.4. The monoisotopic (exact) mass is 383 g/mol. The van der Waals surface area contributed by atoms with E-state index in [0.717, 1.165) is 42.9 Å².